The van der Waals surface area contributed by atoms with Crippen molar-refractivity contribution in [3.8, 4) is 0 Å². The Labute approximate surface area is 108 Å². The summed E-state index contributed by atoms with van der Waals surface area (Å²) in [4.78, 5) is 25.3. The van der Waals surface area contributed by atoms with E-state index in [1.165, 1.54) is 0 Å². The summed E-state index contributed by atoms with van der Waals surface area (Å²) in [5.74, 6) is -0.276. The smallest absolute Gasteiger partial charge is 0.242 e. The van der Waals surface area contributed by atoms with Crippen LogP contribution in [0.25, 0.3) is 0 Å². The van der Waals surface area contributed by atoms with Crippen molar-refractivity contribution < 1.29 is 9.59 Å². The first-order valence-electron chi connectivity index (χ1n) is 6.41. The second kappa shape index (κ2) is 6.54. The minimum atomic E-state index is -0.563. The van der Waals surface area contributed by atoms with Crippen LogP contribution >= 0.6 is 0 Å². The standard InChI is InChI=1S/C13H23N3O2/c1-4-7-16(10-5-6-10)11(17)8-15-13(18)12(14)9(2)3/h4,9-10,12H,1,5-8,14H2,2-3H3,(H,15,18)/t12-/m0/s1. The van der Waals surface area contributed by atoms with Gasteiger partial charge in [0.2, 0.25) is 11.8 Å². The zero-order valence-corrected chi connectivity index (χ0v) is 11.2. The predicted molar refractivity (Wildman–Crippen MR) is 70.8 cm³/mol. The zero-order chi connectivity index (χ0) is 13.7. The van der Waals surface area contributed by atoms with Crippen LogP contribution in [0.3, 0.4) is 0 Å². The van der Waals surface area contributed by atoms with E-state index in [9.17, 15) is 9.59 Å². The average molecular weight is 253 g/mol. The van der Waals surface area contributed by atoms with Gasteiger partial charge in [0.25, 0.3) is 0 Å². The van der Waals surface area contributed by atoms with Gasteiger partial charge >= 0.3 is 0 Å². The summed E-state index contributed by atoms with van der Waals surface area (Å²) in [6.07, 6.45) is 3.79. The molecule has 1 atom stereocenters. The highest BCUT2D eigenvalue weighted by molar-refractivity contribution is 5.87. The third-order valence-corrected chi connectivity index (χ3v) is 3.07. The topological polar surface area (TPSA) is 75.4 Å². The number of nitrogens with two attached hydrogens (primary N) is 1. The Bertz CT molecular complexity index is 324. The van der Waals surface area contributed by atoms with Crippen molar-refractivity contribution >= 4 is 11.8 Å². The number of amides is 2. The van der Waals surface area contributed by atoms with Gasteiger partial charge in [-0.15, -0.1) is 6.58 Å². The third kappa shape index (κ3) is 4.14. The maximum absolute atomic E-state index is 11.9. The van der Waals surface area contributed by atoms with E-state index in [1.54, 1.807) is 11.0 Å². The Morgan fingerprint density at radius 1 is 1.50 bits per heavy atom. The van der Waals surface area contributed by atoms with E-state index < -0.39 is 6.04 Å². The van der Waals surface area contributed by atoms with Gasteiger partial charge in [0.05, 0.1) is 12.6 Å². The van der Waals surface area contributed by atoms with Gasteiger partial charge in [-0.3, -0.25) is 9.59 Å². The van der Waals surface area contributed by atoms with E-state index in [0.29, 0.717) is 12.6 Å². The molecule has 5 heteroatoms. The monoisotopic (exact) mass is 253 g/mol. The lowest BCUT2D eigenvalue weighted by Crippen LogP contribution is -2.48. The van der Waals surface area contributed by atoms with Crippen LogP contribution in [0.4, 0.5) is 0 Å². The van der Waals surface area contributed by atoms with E-state index >= 15 is 0 Å². The first-order chi connectivity index (χ1) is 8.47. The van der Waals surface area contributed by atoms with Gasteiger partial charge in [-0.25, -0.2) is 0 Å². The van der Waals surface area contributed by atoms with Crippen LogP contribution in [-0.2, 0) is 9.59 Å². The van der Waals surface area contributed by atoms with Crippen molar-refractivity contribution in [1.82, 2.24) is 10.2 Å². The molecule has 0 aromatic rings. The largest absolute Gasteiger partial charge is 0.346 e. The Morgan fingerprint density at radius 2 is 2.11 bits per heavy atom. The van der Waals surface area contributed by atoms with Crippen molar-refractivity contribution in [3.05, 3.63) is 12.7 Å². The third-order valence-electron chi connectivity index (χ3n) is 3.07. The van der Waals surface area contributed by atoms with Crippen molar-refractivity contribution in [2.24, 2.45) is 11.7 Å². The molecule has 1 fully saturated rings. The van der Waals surface area contributed by atoms with E-state index in [4.69, 9.17) is 5.73 Å². The van der Waals surface area contributed by atoms with Gasteiger partial charge in [0.15, 0.2) is 0 Å². The van der Waals surface area contributed by atoms with Gasteiger partial charge in [0.1, 0.15) is 0 Å². The minimum Gasteiger partial charge on any atom is -0.346 e. The molecule has 1 rings (SSSR count). The molecule has 0 heterocycles. The van der Waals surface area contributed by atoms with Crippen LogP contribution in [0.2, 0.25) is 0 Å². The highest BCUT2D eigenvalue weighted by Crippen LogP contribution is 2.26. The van der Waals surface area contributed by atoms with Crippen LogP contribution in [-0.4, -0.2) is 41.9 Å². The van der Waals surface area contributed by atoms with Crippen LogP contribution in [0, 0.1) is 5.92 Å². The summed E-state index contributed by atoms with van der Waals surface area (Å²) in [7, 11) is 0. The number of carbonyl (C=O) groups excluding carboxylic acids is 2. The van der Waals surface area contributed by atoms with Crippen LogP contribution in [0.15, 0.2) is 12.7 Å². The Morgan fingerprint density at radius 3 is 2.56 bits per heavy atom. The van der Waals surface area contributed by atoms with Gasteiger partial charge in [-0.05, 0) is 18.8 Å². The average Bonchev–Trinajstić information content (AvgIpc) is 3.15. The Hall–Kier alpha value is -1.36. The fourth-order valence-corrected chi connectivity index (χ4v) is 1.66. The van der Waals surface area contributed by atoms with Crippen molar-refractivity contribution in [2.75, 3.05) is 13.1 Å². The van der Waals surface area contributed by atoms with Gasteiger partial charge in [-0.1, -0.05) is 19.9 Å². The molecule has 2 amide bonds. The molecule has 0 unspecified atom stereocenters. The molecule has 1 aliphatic rings. The number of rotatable bonds is 7. The second-order valence-corrected chi connectivity index (χ2v) is 5.05. The highest BCUT2D eigenvalue weighted by Gasteiger charge is 2.31. The molecular formula is C13H23N3O2. The summed E-state index contributed by atoms with van der Waals surface area (Å²) in [6, 6.07) is -0.238. The van der Waals surface area contributed by atoms with Crippen LogP contribution in [0.5, 0.6) is 0 Å². The normalized spacial score (nSPS) is 16.2. The van der Waals surface area contributed by atoms with E-state index in [-0.39, 0.29) is 24.3 Å². The number of hydrogen-bond donors (Lipinski definition) is 2. The quantitative estimate of drug-likeness (QED) is 0.639. The fourth-order valence-electron chi connectivity index (χ4n) is 1.66. The minimum absolute atomic E-state index is 0.0175. The van der Waals surface area contributed by atoms with Crippen molar-refractivity contribution in [1.29, 1.82) is 0 Å². The maximum atomic E-state index is 11.9. The van der Waals surface area contributed by atoms with E-state index in [0.717, 1.165) is 12.8 Å². The molecule has 0 spiro atoms. The lowest BCUT2D eigenvalue weighted by atomic mass is 10.1. The summed E-state index contributed by atoms with van der Waals surface area (Å²) in [5.41, 5.74) is 5.70. The molecule has 3 N–H and O–H groups in total. The second-order valence-electron chi connectivity index (χ2n) is 5.05. The van der Waals surface area contributed by atoms with E-state index in [1.807, 2.05) is 13.8 Å². The van der Waals surface area contributed by atoms with Crippen LogP contribution in [0.1, 0.15) is 26.7 Å². The Kier molecular flexibility index (Phi) is 5.34. The molecule has 5 nitrogen and oxygen atoms in total. The molecular weight excluding hydrogens is 230 g/mol. The molecule has 0 saturated heterocycles. The van der Waals surface area contributed by atoms with Gasteiger partial charge in [0, 0.05) is 12.6 Å². The lowest BCUT2D eigenvalue weighted by molar-refractivity contribution is -0.133. The van der Waals surface area contributed by atoms with Gasteiger partial charge < -0.3 is 16.0 Å². The number of hydrogen-bond acceptors (Lipinski definition) is 3. The first kappa shape index (κ1) is 14.7. The number of carbonyl (C=O) groups is 2. The summed E-state index contributed by atoms with van der Waals surface area (Å²) < 4.78 is 0. The number of nitrogens with zero attached hydrogens (tertiary/aromatic N) is 1. The first-order valence-corrected chi connectivity index (χ1v) is 6.41. The summed E-state index contributed by atoms with van der Waals surface area (Å²) in [6.45, 7) is 7.94. The molecule has 102 valence electrons. The lowest BCUT2D eigenvalue weighted by Gasteiger charge is -2.22. The molecule has 18 heavy (non-hydrogen) atoms. The summed E-state index contributed by atoms with van der Waals surface area (Å²) >= 11 is 0. The Balaban J connectivity index is 2.39. The van der Waals surface area contributed by atoms with E-state index in [2.05, 4.69) is 11.9 Å². The molecule has 0 aromatic carbocycles. The van der Waals surface area contributed by atoms with Gasteiger partial charge in [-0.2, -0.15) is 0 Å². The fraction of sp³-hybridized carbons (Fsp3) is 0.692. The van der Waals surface area contributed by atoms with Crippen molar-refractivity contribution in [3.63, 3.8) is 0 Å². The SMILES string of the molecule is C=CCN(C(=O)CNC(=O)[C@@H](N)C(C)C)C1CC1. The molecule has 0 bridgehead atoms. The molecule has 1 aliphatic carbocycles. The molecule has 0 radical (unpaired) electrons. The highest BCUT2D eigenvalue weighted by atomic mass is 16.2. The summed E-state index contributed by atoms with van der Waals surface area (Å²) in [5, 5.41) is 2.60. The predicted octanol–water partition coefficient (Wildman–Crippen LogP) is 0.263. The zero-order valence-electron chi connectivity index (χ0n) is 11.2. The van der Waals surface area contributed by atoms with Crippen LogP contribution < -0.4 is 11.1 Å². The number of nitrogens with one attached hydrogen (secondary N) is 1. The molecule has 0 aliphatic heterocycles. The maximum Gasteiger partial charge on any atom is 0.242 e. The van der Waals surface area contributed by atoms with Crippen molar-refractivity contribution in [2.45, 2.75) is 38.8 Å². The molecule has 0 aromatic heterocycles. The molecule has 1 saturated carbocycles.